The van der Waals surface area contributed by atoms with Gasteiger partial charge in [0.25, 0.3) is 0 Å². The van der Waals surface area contributed by atoms with Gasteiger partial charge in [-0.2, -0.15) is 0 Å². The van der Waals surface area contributed by atoms with Gasteiger partial charge < -0.3 is 29.2 Å². The average Bonchev–Trinajstić information content (AvgIpc) is 3.39. The van der Waals surface area contributed by atoms with Gasteiger partial charge in [0.05, 0.1) is 6.54 Å². The smallest absolute Gasteiger partial charge is 0.489 e. The minimum absolute atomic E-state index is 0.182. The number of anilines is 1. The van der Waals surface area contributed by atoms with Crippen molar-refractivity contribution in [3.63, 3.8) is 0 Å². The van der Waals surface area contributed by atoms with Crippen LogP contribution in [0.4, 0.5) is 24.7 Å². The van der Waals surface area contributed by atoms with Crippen LogP contribution in [0.5, 0.6) is 17.5 Å². The lowest BCUT2D eigenvalue weighted by molar-refractivity contribution is -0.389. The number of halogens is 3. The van der Waals surface area contributed by atoms with Gasteiger partial charge in [-0.25, -0.2) is 0 Å². The van der Waals surface area contributed by atoms with Crippen molar-refractivity contribution in [2.24, 2.45) is 5.92 Å². The van der Waals surface area contributed by atoms with Crippen molar-refractivity contribution >= 4 is 11.5 Å². The van der Waals surface area contributed by atoms with Gasteiger partial charge in [-0.15, -0.1) is 13.2 Å². The lowest BCUT2D eigenvalue weighted by Gasteiger charge is -2.34. The average molecular weight is 533 g/mol. The van der Waals surface area contributed by atoms with E-state index in [0.717, 1.165) is 37.2 Å². The van der Waals surface area contributed by atoms with Crippen LogP contribution in [0, 0.1) is 16.0 Å². The number of hydrogen-bond donors (Lipinski definition) is 0. The van der Waals surface area contributed by atoms with E-state index in [1.165, 1.54) is 18.3 Å². The SMILES string of the molecule is C[C@]1(COc2ccc(N3CCC(Cc4cccc(OC(F)(F)F)c4)CC3)cc2)Cn2cc([N+](=O)[O-])nc2O1. The third-order valence-corrected chi connectivity index (χ3v) is 6.77. The summed E-state index contributed by atoms with van der Waals surface area (Å²) in [6.07, 6.45) is -0.750. The Hall–Kier alpha value is -3.96. The van der Waals surface area contributed by atoms with Crippen LogP contribution in [0.2, 0.25) is 0 Å². The Morgan fingerprint density at radius 2 is 1.89 bits per heavy atom. The van der Waals surface area contributed by atoms with E-state index in [1.54, 1.807) is 10.6 Å². The molecule has 0 bridgehead atoms. The maximum Gasteiger partial charge on any atom is 0.573 e. The Bertz CT molecular complexity index is 1260. The molecule has 2 aromatic carbocycles. The lowest BCUT2D eigenvalue weighted by Crippen LogP contribution is -2.38. The Balaban J connectivity index is 1.09. The molecular weight excluding hydrogens is 505 g/mol. The molecule has 9 nitrogen and oxygen atoms in total. The van der Waals surface area contributed by atoms with E-state index < -0.39 is 16.9 Å². The zero-order valence-electron chi connectivity index (χ0n) is 20.7. The van der Waals surface area contributed by atoms with Crippen LogP contribution < -0.4 is 19.1 Å². The van der Waals surface area contributed by atoms with Crippen molar-refractivity contribution in [1.29, 1.82) is 0 Å². The van der Waals surface area contributed by atoms with Gasteiger partial charge in [0, 0.05) is 23.8 Å². The first-order valence-corrected chi connectivity index (χ1v) is 12.3. The summed E-state index contributed by atoms with van der Waals surface area (Å²) in [6, 6.07) is 14.2. The van der Waals surface area contributed by atoms with Gasteiger partial charge in [0.15, 0.2) is 5.60 Å². The molecule has 2 aliphatic heterocycles. The highest BCUT2D eigenvalue weighted by atomic mass is 19.4. The fourth-order valence-corrected chi connectivity index (χ4v) is 4.94. The van der Waals surface area contributed by atoms with Crippen molar-refractivity contribution in [3.05, 3.63) is 70.4 Å². The summed E-state index contributed by atoms with van der Waals surface area (Å²) in [4.78, 5) is 16.5. The van der Waals surface area contributed by atoms with Crippen molar-refractivity contribution < 1.29 is 32.3 Å². The number of imidazole rings is 1. The molecule has 3 aromatic rings. The summed E-state index contributed by atoms with van der Waals surface area (Å²) in [5, 5.41) is 10.9. The van der Waals surface area contributed by atoms with Crippen LogP contribution in [0.15, 0.2) is 54.7 Å². The molecule has 1 saturated heterocycles. The molecule has 0 radical (unpaired) electrons. The van der Waals surface area contributed by atoms with Gasteiger partial charge in [-0.05, 0) is 79.0 Å². The summed E-state index contributed by atoms with van der Waals surface area (Å²) in [6.45, 7) is 4.23. The number of nitrogens with zero attached hydrogens (tertiary/aromatic N) is 4. The predicted octanol–water partition coefficient (Wildman–Crippen LogP) is 5.38. The number of piperidine rings is 1. The van der Waals surface area contributed by atoms with Crippen LogP contribution >= 0.6 is 0 Å². The van der Waals surface area contributed by atoms with E-state index in [4.69, 9.17) is 9.47 Å². The monoisotopic (exact) mass is 532 g/mol. The summed E-state index contributed by atoms with van der Waals surface area (Å²) in [5.74, 6) is 0.647. The van der Waals surface area contributed by atoms with E-state index in [1.807, 2.05) is 37.3 Å². The van der Waals surface area contributed by atoms with Gasteiger partial charge in [-0.3, -0.25) is 4.57 Å². The van der Waals surface area contributed by atoms with Crippen molar-refractivity contribution in [3.8, 4) is 17.5 Å². The van der Waals surface area contributed by atoms with Crippen LogP contribution in [0.1, 0.15) is 25.3 Å². The molecule has 0 unspecified atom stereocenters. The highest BCUT2D eigenvalue weighted by Crippen LogP contribution is 2.32. The summed E-state index contributed by atoms with van der Waals surface area (Å²) in [5.41, 5.74) is 1.23. The van der Waals surface area contributed by atoms with Crippen LogP contribution in [0.3, 0.4) is 0 Å². The molecule has 2 aliphatic rings. The third-order valence-electron chi connectivity index (χ3n) is 6.77. The molecule has 1 atom stereocenters. The first kappa shape index (κ1) is 25.7. The molecule has 0 N–H and O–H groups in total. The van der Waals surface area contributed by atoms with Crippen molar-refractivity contribution in [2.75, 3.05) is 24.6 Å². The fraction of sp³-hybridized carbons (Fsp3) is 0.423. The lowest BCUT2D eigenvalue weighted by atomic mass is 9.90. The van der Waals surface area contributed by atoms with Crippen LogP contribution in [-0.2, 0) is 13.0 Å². The van der Waals surface area contributed by atoms with Crippen LogP contribution in [0.25, 0.3) is 0 Å². The molecule has 1 aromatic heterocycles. The molecule has 0 saturated carbocycles. The van der Waals surface area contributed by atoms with Gasteiger partial charge in [0.2, 0.25) is 0 Å². The second-order valence-electron chi connectivity index (χ2n) is 9.93. The number of rotatable bonds is 8. The number of fused-ring (bicyclic) bond motifs is 1. The molecule has 202 valence electrons. The van der Waals surface area contributed by atoms with Crippen LogP contribution in [-0.4, -0.2) is 46.1 Å². The molecular formula is C26H27F3N4O5. The zero-order valence-corrected chi connectivity index (χ0v) is 20.7. The maximum absolute atomic E-state index is 12.5. The van der Waals surface area contributed by atoms with Crippen molar-refractivity contribution in [1.82, 2.24) is 9.55 Å². The van der Waals surface area contributed by atoms with Gasteiger partial charge in [-0.1, -0.05) is 12.1 Å². The van der Waals surface area contributed by atoms with Crippen molar-refractivity contribution in [2.45, 2.75) is 44.7 Å². The molecule has 12 heteroatoms. The third kappa shape index (κ3) is 6.12. The molecule has 1 fully saturated rings. The van der Waals surface area contributed by atoms with E-state index >= 15 is 0 Å². The zero-order chi connectivity index (χ0) is 26.9. The summed E-state index contributed by atoms with van der Waals surface area (Å²) < 4.78 is 54.9. The first-order valence-electron chi connectivity index (χ1n) is 12.3. The molecule has 5 rings (SSSR count). The highest BCUT2D eigenvalue weighted by Gasteiger charge is 2.41. The molecule has 0 aliphatic carbocycles. The minimum Gasteiger partial charge on any atom is -0.489 e. The second kappa shape index (κ2) is 10.1. The normalized spacial score (nSPS) is 19.6. The number of hydrogen-bond acceptors (Lipinski definition) is 7. The first-order chi connectivity index (χ1) is 18.1. The Morgan fingerprint density at radius 3 is 2.55 bits per heavy atom. The molecule has 3 heterocycles. The molecule has 0 amide bonds. The highest BCUT2D eigenvalue weighted by molar-refractivity contribution is 5.49. The van der Waals surface area contributed by atoms with Gasteiger partial charge in [0.1, 0.15) is 24.3 Å². The molecule has 0 spiro atoms. The fourth-order valence-electron chi connectivity index (χ4n) is 4.94. The van der Waals surface area contributed by atoms with E-state index in [2.05, 4.69) is 14.6 Å². The summed E-state index contributed by atoms with van der Waals surface area (Å²) >= 11 is 0. The number of ether oxygens (including phenoxy) is 3. The van der Waals surface area contributed by atoms with E-state index in [0.29, 0.717) is 24.6 Å². The number of alkyl halides is 3. The Kier molecular flexibility index (Phi) is 6.80. The largest absolute Gasteiger partial charge is 0.573 e. The summed E-state index contributed by atoms with van der Waals surface area (Å²) in [7, 11) is 0. The standard InChI is InChI=1S/C26H27F3N4O5/c1-25(16-32-15-23(33(34)35)30-24(32)38-25)17-36-21-7-5-20(6-8-21)31-11-9-18(10-12-31)13-19-3-2-4-22(14-19)37-26(27,28)29/h2-8,14-15,18H,9-13,16-17H2,1H3/t25-/m1/s1. The quantitative estimate of drug-likeness (QED) is 0.284. The number of aromatic nitrogens is 2. The maximum atomic E-state index is 12.5. The number of benzene rings is 2. The Morgan fingerprint density at radius 1 is 1.16 bits per heavy atom. The van der Waals surface area contributed by atoms with E-state index in [-0.39, 0.29) is 24.2 Å². The number of nitro groups is 1. The second-order valence-corrected chi connectivity index (χ2v) is 9.93. The van der Waals surface area contributed by atoms with Gasteiger partial charge >= 0.3 is 18.2 Å². The minimum atomic E-state index is -4.69. The predicted molar refractivity (Wildman–Crippen MR) is 132 cm³/mol. The topological polar surface area (TPSA) is 91.9 Å². The Labute approximate surface area is 216 Å². The van der Waals surface area contributed by atoms with E-state index in [9.17, 15) is 23.3 Å². The molecule has 38 heavy (non-hydrogen) atoms.